The first kappa shape index (κ1) is 17.7. The van der Waals surface area contributed by atoms with Gasteiger partial charge in [-0.25, -0.2) is 4.79 Å². The molecule has 0 aromatic heterocycles. The number of nitrogens with two attached hydrogens (primary N) is 1. The largest absolute Gasteiger partial charge is 0.486 e. The SMILES string of the molecule is COC12C(COC(N)=O)C3=C(C(=O)C(C)=C(OCC4CO4)C3=O)N1CC1NC12. The van der Waals surface area contributed by atoms with Gasteiger partial charge in [-0.3, -0.25) is 9.59 Å². The van der Waals surface area contributed by atoms with E-state index in [4.69, 9.17) is 24.7 Å². The minimum atomic E-state index is -0.981. The van der Waals surface area contributed by atoms with Crippen LogP contribution in [0.15, 0.2) is 22.6 Å². The van der Waals surface area contributed by atoms with Crippen LogP contribution in [0.5, 0.6) is 0 Å². The third-order valence-electron chi connectivity index (χ3n) is 6.19. The van der Waals surface area contributed by atoms with Crippen molar-refractivity contribution < 1.29 is 33.3 Å². The van der Waals surface area contributed by atoms with Crippen molar-refractivity contribution in [3.05, 3.63) is 22.6 Å². The fraction of sp³-hybridized carbons (Fsp3) is 0.611. The van der Waals surface area contributed by atoms with Crippen LogP contribution in [0.2, 0.25) is 0 Å². The number of piperazine rings is 1. The van der Waals surface area contributed by atoms with E-state index in [1.165, 1.54) is 7.11 Å². The van der Waals surface area contributed by atoms with Gasteiger partial charge in [-0.2, -0.15) is 0 Å². The summed E-state index contributed by atoms with van der Waals surface area (Å²) in [6, 6.07) is 0.0802. The minimum Gasteiger partial charge on any atom is -0.486 e. The lowest BCUT2D eigenvalue weighted by molar-refractivity contribution is -0.137. The number of Topliss-reactive ketones (excluding diaryl/α,β-unsaturated/α-hetero) is 2. The van der Waals surface area contributed by atoms with E-state index in [1.54, 1.807) is 6.92 Å². The summed E-state index contributed by atoms with van der Waals surface area (Å²) in [7, 11) is 1.53. The van der Waals surface area contributed by atoms with Gasteiger partial charge in [0.15, 0.2) is 11.5 Å². The Morgan fingerprint density at radius 1 is 1.36 bits per heavy atom. The molecule has 5 unspecified atom stereocenters. The smallest absolute Gasteiger partial charge is 0.404 e. The molecule has 0 spiro atoms. The average molecular weight is 391 g/mol. The number of methoxy groups -OCH3 is 1. The molecule has 5 atom stereocenters. The van der Waals surface area contributed by atoms with Crippen molar-refractivity contribution in [3.8, 4) is 0 Å². The van der Waals surface area contributed by atoms with Crippen LogP contribution < -0.4 is 11.1 Å². The van der Waals surface area contributed by atoms with Crippen LogP contribution in [0.3, 0.4) is 0 Å². The molecule has 150 valence electrons. The summed E-state index contributed by atoms with van der Waals surface area (Å²) >= 11 is 0. The van der Waals surface area contributed by atoms with E-state index in [1.807, 2.05) is 4.90 Å². The van der Waals surface area contributed by atoms with Gasteiger partial charge in [0, 0.05) is 30.8 Å². The number of primary amides is 1. The Balaban J connectivity index is 1.55. The number of ether oxygens (including phenoxy) is 4. The second kappa shape index (κ2) is 5.79. The van der Waals surface area contributed by atoms with Crippen molar-refractivity contribution in [2.45, 2.75) is 30.8 Å². The molecule has 4 heterocycles. The van der Waals surface area contributed by atoms with Gasteiger partial charge >= 0.3 is 6.09 Å². The van der Waals surface area contributed by atoms with Gasteiger partial charge in [0.05, 0.1) is 24.3 Å². The normalized spacial score (nSPS) is 37.7. The first-order valence-corrected chi connectivity index (χ1v) is 9.20. The van der Waals surface area contributed by atoms with E-state index in [9.17, 15) is 14.4 Å². The Labute approximate surface area is 160 Å². The quantitative estimate of drug-likeness (QED) is 0.422. The van der Waals surface area contributed by atoms with Crippen molar-refractivity contribution in [1.82, 2.24) is 10.2 Å². The molecule has 0 aromatic carbocycles. The summed E-state index contributed by atoms with van der Waals surface area (Å²) in [6.45, 7) is 2.74. The summed E-state index contributed by atoms with van der Waals surface area (Å²) in [5.74, 6) is -1.29. The lowest BCUT2D eigenvalue weighted by Gasteiger charge is -2.39. The van der Waals surface area contributed by atoms with E-state index in [0.717, 1.165) is 0 Å². The van der Waals surface area contributed by atoms with E-state index in [0.29, 0.717) is 18.8 Å². The number of hydrogen-bond donors (Lipinski definition) is 2. The van der Waals surface area contributed by atoms with Crippen LogP contribution in [0.4, 0.5) is 4.79 Å². The fourth-order valence-corrected chi connectivity index (χ4v) is 4.78. The van der Waals surface area contributed by atoms with Crippen LogP contribution in [0.25, 0.3) is 0 Å². The lowest BCUT2D eigenvalue weighted by Crippen LogP contribution is -2.55. The van der Waals surface area contributed by atoms with Crippen molar-refractivity contribution in [3.63, 3.8) is 0 Å². The number of hydrogen-bond acceptors (Lipinski definition) is 9. The Kier molecular flexibility index (Phi) is 3.65. The highest BCUT2D eigenvalue weighted by atomic mass is 16.6. The number of fused-ring (bicyclic) bond motifs is 4. The Morgan fingerprint density at radius 3 is 2.75 bits per heavy atom. The molecule has 1 amide bonds. The van der Waals surface area contributed by atoms with E-state index < -0.39 is 17.7 Å². The minimum absolute atomic E-state index is 0.0241. The molecule has 3 saturated heterocycles. The van der Waals surface area contributed by atoms with Gasteiger partial charge in [0.1, 0.15) is 19.3 Å². The van der Waals surface area contributed by atoms with Crippen molar-refractivity contribution in [2.75, 3.05) is 33.5 Å². The van der Waals surface area contributed by atoms with Gasteiger partial charge in [0.25, 0.3) is 0 Å². The zero-order chi connectivity index (χ0) is 19.8. The van der Waals surface area contributed by atoms with Crippen molar-refractivity contribution in [1.29, 1.82) is 0 Å². The van der Waals surface area contributed by atoms with Gasteiger partial charge in [-0.15, -0.1) is 0 Å². The molecule has 0 saturated carbocycles. The zero-order valence-corrected chi connectivity index (χ0v) is 15.5. The predicted molar refractivity (Wildman–Crippen MR) is 91.6 cm³/mol. The summed E-state index contributed by atoms with van der Waals surface area (Å²) in [6.07, 6.45) is -1.00. The first-order chi connectivity index (χ1) is 13.4. The molecular weight excluding hydrogens is 370 g/mol. The molecule has 28 heavy (non-hydrogen) atoms. The summed E-state index contributed by atoms with van der Waals surface area (Å²) in [5, 5.41) is 3.31. The lowest BCUT2D eigenvalue weighted by atomic mass is 9.83. The van der Waals surface area contributed by atoms with Crippen LogP contribution in [-0.2, 0) is 28.5 Å². The molecule has 5 rings (SSSR count). The Hall–Kier alpha value is -2.43. The molecule has 10 nitrogen and oxygen atoms in total. The number of allylic oxidation sites excluding steroid dienone is 2. The third-order valence-corrected chi connectivity index (χ3v) is 6.19. The first-order valence-electron chi connectivity index (χ1n) is 9.20. The van der Waals surface area contributed by atoms with Crippen LogP contribution in [0.1, 0.15) is 6.92 Å². The molecule has 0 aromatic rings. The van der Waals surface area contributed by atoms with Gasteiger partial charge < -0.3 is 34.9 Å². The van der Waals surface area contributed by atoms with Crippen molar-refractivity contribution >= 4 is 17.7 Å². The van der Waals surface area contributed by atoms with E-state index >= 15 is 0 Å². The maximum Gasteiger partial charge on any atom is 0.404 e. The monoisotopic (exact) mass is 391 g/mol. The van der Waals surface area contributed by atoms with Gasteiger partial charge in [0.2, 0.25) is 11.6 Å². The molecule has 0 radical (unpaired) electrons. The number of rotatable bonds is 6. The summed E-state index contributed by atoms with van der Waals surface area (Å²) < 4.78 is 21.7. The summed E-state index contributed by atoms with van der Waals surface area (Å²) in [4.78, 5) is 39.6. The highest BCUT2D eigenvalue weighted by Gasteiger charge is 2.72. The number of nitrogens with one attached hydrogen (secondary N) is 1. The van der Waals surface area contributed by atoms with Crippen molar-refractivity contribution in [2.24, 2.45) is 11.7 Å². The number of carbonyl (C=O) groups is 3. The standard InChI is InChI=1S/C18H21N3O7/c1-7-13(22)12-11(14(23)15(7)27-5-8-4-26-8)9(6-28-17(19)24)18(25-2)16-10(20-16)3-21(12)18/h8-10,16,20H,3-6H2,1-2H3,(H2,19,24). The molecule has 10 heteroatoms. The number of carbonyl (C=O) groups excluding carboxylic acids is 3. The maximum atomic E-state index is 13.4. The van der Waals surface area contributed by atoms with Gasteiger partial charge in [-0.1, -0.05) is 0 Å². The van der Waals surface area contributed by atoms with Gasteiger partial charge in [-0.05, 0) is 6.92 Å². The molecule has 3 N–H and O–H groups in total. The second-order valence-corrected chi connectivity index (χ2v) is 7.64. The van der Waals surface area contributed by atoms with Crippen LogP contribution in [0, 0.1) is 5.92 Å². The molecule has 5 aliphatic rings. The number of amides is 1. The highest BCUT2D eigenvalue weighted by Crippen LogP contribution is 2.55. The predicted octanol–water partition coefficient (Wildman–Crippen LogP) is -1.19. The zero-order valence-electron chi connectivity index (χ0n) is 15.5. The van der Waals surface area contributed by atoms with Crippen LogP contribution >= 0.6 is 0 Å². The number of epoxide rings is 1. The van der Waals surface area contributed by atoms with E-state index in [-0.39, 0.29) is 59.9 Å². The van der Waals surface area contributed by atoms with E-state index in [2.05, 4.69) is 5.32 Å². The highest BCUT2D eigenvalue weighted by molar-refractivity contribution is 6.25. The molecule has 4 aliphatic heterocycles. The molecular formula is C18H21N3O7. The molecule has 1 aliphatic carbocycles. The fourth-order valence-electron chi connectivity index (χ4n) is 4.78. The average Bonchev–Trinajstić information content (AvgIpc) is 3.57. The number of nitrogens with zero attached hydrogens (tertiary/aromatic N) is 1. The second-order valence-electron chi connectivity index (χ2n) is 7.64. The summed E-state index contributed by atoms with van der Waals surface area (Å²) in [5.41, 5.74) is 5.01. The number of ketones is 2. The molecule has 3 fully saturated rings. The Bertz CT molecular complexity index is 861. The Morgan fingerprint density at radius 2 is 2.11 bits per heavy atom. The topological polar surface area (TPSA) is 143 Å². The van der Waals surface area contributed by atoms with Crippen LogP contribution in [-0.4, -0.2) is 79.9 Å². The molecule has 0 bridgehead atoms. The maximum absolute atomic E-state index is 13.4. The third kappa shape index (κ3) is 2.22.